The first-order valence-corrected chi connectivity index (χ1v) is 4.98. The predicted octanol–water partition coefficient (Wildman–Crippen LogP) is 0.488. The summed E-state index contributed by atoms with van der Waals surface area (Å²) in [7, 11) is 0. The standard InChI is InChI=1S/C9H20N2O3/c1-2-3-6-13-7-4-11-5-8-14-9(10)12/h11H,2-8H2,1H3,(H2,10,12). The molecule has 0 rings (SSSR count). The van der Waals surface area contributed by atoms with Crippen LogP contribution in [0.5, 0.6) is 0 Å². The highest BCUT2D eigenvalue weighted by atomic mass is 16.5. The van der Waals surface area contributed by atoms with Crippen molar-refractivity contribution in [3.8, 4) is 0 Å². The van der Waals surface area contributed by atoms with Gasteiger partial charge in [-0.25, -0.2) is 4.79 Å². The van der Waals surface area contributed by atoms with Crippen LogP contribution < -0.4 is 11.1 Å². The van der Waals surface area contributed by atoms with Crippen LogP contribution in [0.3, 0.4) is 0 Å². The minimum atomic E-state index is -0.731. The van der Waals surface area contributed by atoms with Crippen LogP contribution in [0.15, 0.2) is 0 Å². The number of hydrogen-bond donors (Lipinski definition) is 2. The number of nitrogens with two attached hydrogens (primary N) is 1. The van der Waals surface area contributed by atoms with Crippen molar-refractivity contribution in [1.82, 2.24) is 5.32 Å². The highest BCUT2D eigenvalue weighted by molar-refractivity contribution is 5.64. The SMILES string of the molecule is CCCCOCCNCCOC(N)=O. The van der Waals surface area contributed by atoms with Crippen LogP contribution in [-0.2, 0) is 9.47 Å². The first kappa shape index (κ1) is 13.2. The van der Waals surface area contributed by atoms with Crippen LogP contribution in [0.2, 0.25) is 0 Å². The maximum Gasteiger partial charge on any atom is 0.404 e. The normalized spacial score (nSPS) is 10.1. The number of carbonyl (C=O) groups excluding carboxylic acids is 1. The molecule has 0 aliphatic rings. The molecule has 3 N–H and O–H groups in total. The molecule has 0 radical (unpaired) electrons. The van der Waals surface area contributed by atoms with Gasteiger partial charge in [0.25, 0.3) is 0 Å². The smallest absolute Gasteiger partial charge is 0.404 e. The van der Waals surface area contributed by atoms with Crippen LogP contribution in [0.1, 0.15) is 19.8 Å². The topological polar surface area (TPSA) is 73.6 Å². The molecule has 0 aliphatic carbocycles. The van der Waals surface area contributed by atoms with E-state index in [1.54, 1.807) is 0 Å². The molecule has 1 amide bonds. The summed E-state index contributed by atoms with van der Waals surface area (Å²) in [5.74, 6) is 0. The fourth-order valence-corrected chi connectivity index (χ4v) is 0.842. The third-order valence-electron chi connectivity index (χ3n) is 1.59. The largest absolute Gasteiger partial charge is 0.448 e. The van der Waals surface area contributed by atoms with Crippen molar-refractivity contribution in [1.29, 1.82) is 0 Å². The maximum atomic E-state index is 10.2. The molecule has 5 heteroatoms. The van der Waals surface area contributed by atoms with E-state index < -0.39 is 6.09 Å². The molecule has 5 nitrogen and oxygen atoms in total. The Labute approximate surface area is 84.9 Å². The van der Waals surface area contributed by atoms with Crippen molar-refractivity contribution in [2.75, 3.05) is 32.9 Å². The monoisotopic (exact) mass is 204 g/mol. The molecule has 0 aromatic heterocycles. The third kappa shape index (κ3) is 11.2. The molecule has 84 valence electrons. The second-order valence-electron chi connectivity index (χ2n) is 2.88. The Bertz CT molecular complexity index is 142. The van der Waals surface area contributed by atoms with Gasteiger partial charge in [0.2, 0.25) is 0 Å². The van der Waals surface area contributed by atoms with Gasteiger partial charge in [-0.3, -0.25) is 0 Å². The van der Waals surface area contributed by atoms with E-state index in [1.165, 1.54) is 0 Å². The Morgan fingerprint density at radius 2 is 2.00 bits per heavy atom. The van der Waals surface area contributed by atoms with E-state index in [1.807, 2.05) is 0 Å². The van der Waals surface area contributed by atoms with Crippen LogP contribution in [0.25, 0.3) is 0 Å². The Morgan fingerprint density at radius 3 is 2.64 bits per heavy atom. The van der Waals surface area contributed by atoms with Crippen molar-refractivity contribution in [2.24, 2.45) is 5.73 Å². The first-order chi connectivity index (χ1) is 6.77. The van der Waals surface area contributed by atoms with Crippen LogP contribution in [-0.4, -0.2) is 39.0 Å². The number of rotatable bonds is 9. The minimum Gasteiger partial charge on any atom is -0.448 e. The number of carbonyl (C=O) groups is 1. The molecule has 0 unspecified atom stereocenters. The number of unbranched alkanes of at least 4 members (excludes halogenated alkanes) is 1. The maximum absolute atomic E-state index is 10.2. The van der Waals surface area contributed by atoms with E-state index in [-0.39, 0.29) is 0 Å². The molecule has 0 atom stereocenters. The van der Waals surface area contributed by atoms with Gasteiger partial charge in [-0.1, -0.05) is 13.3 Å². The molecular formula is C9H20N2O3. The highest BCUT2D eigenvalue weighted by Crippen LogP contribution is 1.86. The first-order valence-electron chi connectivity index (χ1n) is 4.98. The van der Waals surface area contributed by atoms with E-state index in [4.69, 9.17) is 10.5 Å². The van der Waals surface area contributed by atoms with Gasteiger partial charge in [0.15, 0.2) is 0 Å². The quantitative estimate of drug-likeness (QED) is 0.536. The van der Waals surface area contributed by atoms with E-state index in [2.05, 4.69) is 17.0 Å². The zero-order valence-corrected chi connectivity index (χ0v) is 8.75. The van der Waals surface area contributed by atoms with Gasteiger partial charge in [-0.15, -0.1) is 0 Å². The molecule has 0 aromatic rings. The van der Waals surface area contributed by atoms with Crippen molar-refractivity contribution in [2.45, 2.75) is 19.8 Å². The summed E-state index contributed by atoms with van der Waals surface area (Å²) in [4.78, 5) is 10.2. The number of nitrogens with one attached hydrogen (secondary N) is 1. The molecule has 0 saturated carbocycles. The zero-order valence-electron chi connectivity index (χ0n) is 8.75. The van der Waals surface area contributed by atoms with Crippen LogP contribution in [0.4, 0.5) is 4.79 Å². The highest BCUT2D eigenvalue weighted by Gasteiger charge is 1.92. The molecule has 0 saturated heterocycles. The van der Waals surface area contributed by atoms with Gasteiger partial charge >= 0.3 is 6.09 Å². The molecule has 0 bridgehead atoms. The zero-order chi connectivity index (χ0) is 10.6. The minimum absolute atomic E-state index is 0.310. The second kappa shape index (κ2) is 10.3. The average molecular weight is 204 g/mol. The summed E-state index contributed by atoms with van der Waals surface area (Å²) in [6.45, 7) is 5.32. The lowest BCUT2D eigenvalue weighted by Crippen LogP contribution is -2.26. The summed E-state index contributed by atoms with van der Waals surface area (Å²) in [6, 6.07) is 0. The molecule has 0 spiro atoms. The van der Waals surface area contributed by atoms with E-state index in [9.17, 15) is 4.79 Å². The van der Waals surface area contributed by atoms with Gasteiger partial charge in [0.1, 0.15) is 6.61 Å². The van der Waals surface area contributed by atoms with Gasteiger partial charge in [0, 0.05) is 19.7 Å². The lowest BCUT2D eigenvalue weighted by molar-refractivity contribution is 0.129. The third-order valence-corrected chi connectivity index (χ3v) is 1.59. The van der Waals surface area contributed by atoms with Crippen LogP contribution in [0, 0.1) is 0 Å². The molecular weight excluding hydrogens is 184 g/mol. The summed E-state index contributed by atoms with van der Waals surface area (Å²) in [5, 5.41) is 3.06. The second-order valence-corrected chi connectivity index (χ2v) is 2.88. The van der Waals surface area contributed by atoms with E-state index >= 15 is 0 Å². The lowest BCUT2D eigenvalue weighted by atomic mass is 10.4. The number of primary amides is 1. The van der Waals surface area contributed by atoms with Crippen molar-refractivity contribution >= 4 is 6.09 Å². The molecule has 0 aliphatic heterocycles. The van der Waals surface area contributed by atoms with Crippen LogP contribution >= 0.6 is 0 Å². The average Bonchev–Trinajstić information content (AvgIpc) is 2.15. The van der Waals surface area contributed by atoms with E-state index in [0.717, 1.165) is 26.0 Å². The van der Waals surface area contributed by atoms with Crippen molar-refractivity contribution in [3.05, 3.63) is 0 Å². The summed E-state index contributed by atoms with van der Waals surface area (Å²) in [6.07, 6.45) is 1.52. The van der Waals surface area contributed by atoms with Gasteiger partial charge in [-0.05, 0) is 6.42 Å². The number of hydrogen-bond acceptors (Lipinski definition) is 4. The Hall–Kier alpha value is -0.810. The molecule has 0 fully saturated rings. The molecule has 14 heavy (non-hydrogen) atoms. The van der Waals surface area contributed by atoms with Gasteiger partial charge < -0.3 is 20.5 Å². The molecule has 0 aromatic carbocycles. The summed E-state index contributed by atoms with van der Waals surface area (Å²) < 4.78 is 9.83. The summed E-state index contributed by atoms with van der Waals surface area (Å²) in [5.41, 5.74) is 4.77. The Balaban J connectivity index is 2.88. The van der Waals surface area contributed by atoms with Crippen molar-refractivity contribution in [3.63, 3.8) is 0 Å². The summed E-state index contributed by atoms with van der Waals surface area (Å²) >= 11 is 0. The fraction of sp³-hybridized carbons (Fsp3) is 0.889. The molecule has 0 heterocycles. The Kier molecular flexibility index (Phi) is 9.68. The van der Waals surface area contributed by atoms with Gasteiger partial charge in [0.05, 0.1) is 6.61 Å². The van der Waals surface area contributed by atoms with Crippen molar-refractivity contribution < 1.29 is 14.3 Å². The van der Waals surface area contributed by atoms with E-state index in [0.29, 0.717) is 19.8 Å². The fourth-order valence-electron chi connectivity index (χ4n) is 0.842. The number of amides is 1. The lowest BCUT2D eigenvalue weighted by Gasteiger charge is -2.05. The Morgan fingerprint density at radius 1 is 1.29 bits per heavy atom. The van der Waals surface area contributed by atoms with Gasteiger partial charge in [-0.2, -0.15) is 0 Å². The number of ether oxygens (including phenoxy) is 2. The predicted molar refractivity (Wildman–Crippen MR) is 54.1 cm³/mol.